The molecule has 3 heterocycles. The van der Waals surface area contributed by atoms with Crippen molar-refractivity contribution in [2.75, 3.05) is 13.2 Å². The quantitative estimate of drug-likeness (QED) is 0.485. The lowest BCUT2D eigenvalue weighted by atomic mass is 9.96. The van der Waals surface area contributed by atoms with Crippen LogP contribution in [0.4, 0.5) is 0 Å². The smallest absolute Gasteiger partial charge is 0.295 e. The predicted octanol–water partition coefficient (Wildman–Crippen LogP) is 3.34. The van der Waals surface area contributed by atoms with Gasteiger partial charge in [-0.1, -0.05) is 23.7 Å². The number of nitrogens with zero attached hydrogens (tertiary/aromatic N) is 2. The SMILES string of the molecule is O=C1C(=O)N(CC2CCCO2)C(c2ccncc2)/C1=C(/O)c1cccc(Cl)c1. The number of halogens is 1. The number of ketones is 1. The third kappa shape index (κ3) is 3.41. The third-order valence-corrected chi connectivity index (χ3v) is 5.32. The fraction of sp³-hybridized carbons (Fsp3) is 0.286. The van der Waals surface area contributed by atoms with Crippen molar-refractivity contribution in [3.8, 4) is 0 Å². The summed E-state index contributed by atoms with van der Waals surface area (Å²) in [6.45, 7) is 0.945. The average Bonchev–Trinajstić information content (AvgIpc) is 3.30. The number of rotatable bonds is 4. The van der Waals surface area contributed by atoms with Gasteiger partial charge in [0.15, 0.2) is 0 Å². The maximum absolute atomic E-state index is 12.9. The van der Waals surface area contributed by atoms with Gasteiger partial charge in [0.1, 0.15) is 5.76 Å². The van der Waals surface area contributed by atoms with Crippen LogP contribution in [0.2, 0.25) is 5.02 Å². The molecule has 2 aromatic rings. The molecule has 28 heavy (non-hydrogen) atoms. The topological polar surface area (TPSA) is 79.7 Å². The van der Waals surface area contributed by atoms with E-state index >= 15 is 0 Å². The Labute approximate surface area is 167 Å². The Hall–Kier alpha value is -2.70. The van der Waals surface area contributed by atoms with Crippen LogP contribution in [0.3, 0.4) is 0 Å². The Morgan fingerprint density at radius 3 is 2.71 bits per heavy atom. The highest BCUT2D eigenvalue weighted by Gasteiger charge is 2.47. The van der Waals surface area contributed by atoms with Crippen LogP contribution in [0.5, 0.6) is 0 Å². The number of hydrogen-bond acceptors (Lipinski definition) is 5. The molecule has 0 aliphatic carbocycles. The molecule has 4 rings (SSSR count). The highest BCUT2D eigenvalue weighted by molar-refractivity contribution is 6.46. The zero-order valence-electron chi connectivity index (χ0n) is 15.0. The van der Waals surface area contributed by atoms with Crippen molar-refractivity contribution in [3.05, 3.63) is 70.5 Å². The number of likely N-dealkylation sites (tertiary alicyclic amines) is 1. The number of carbonyl (C=O) groups excluding carboxylic acids is 2. The summed E-state index contributed by atoms with van der Waals surface area (Å²) in [4.78, 5) is 31.2. The van der Waals surface area contributed by atoms with Crippen molar-refractivity contribution >= 4 is 29.1 Å². The van der Waals surface area contributed by atoms with Gasteiger partial charge in [-0.2, -0.15) is 0 Å². The first-order valence-corrected chi connectivity index (χ1v) is 9.50. The number of benzene rings is 1. The van der Waals surface area contributed by atoms with E-state index in [9.17, 15) is 14.7 Å². The standard InChI is InChI=1S/C21H19ClN2O4/c22-15-4-1-3-14(11-15)19(25)17-18(13-6-8-23-9-7-13)24(21(27)20(17)26)12-16-5-2-10-28-16/h1,3-4,6-9,11,16,18,25H,2,5,10,12H2/b19-17-. The van der Waals surface area contributed by atoms with Gasteiger partial charge in [0.2, 0.25) is 0 Å². The molecule has 0 bridgehead atoms. The Morgan fingerprint density at radius 2 is 2.04 bits per heavy atom. The van der Waals surface area contributed by atoms with Gasteiger partial charge >= 0.3 is 0 Å². The van der Waals surface area contributed by atoms with Gasteiger partial charge in [-0.15, -0.1) is 0 Å². The predicted molar refractivity (Wildman–Crippen MR) is 104 cm³/mol. The van der Waals surface area contributed by atoms with E-state index < -0.39 is 17.7 Å². The number of carbonyl (C=O) groups is 2. The number of ether oxygens (including phenoxy) is 1. The summed E-state index contributed by atoms with van der Waals surface area (Å²) >= 11 is 6.04. The summed E-state index contributed by atoms with van der Waals surface area (Å²) < 4.78 is 5.67. The van der Waals surface area contributed by atoms with Gasteiger partial charge in [0, 0.05) is 36.1 Å². The molecule has 0 spiro atoms. The number of pyridine rings is 1. The van der Waals surface area contributed by atoms with Crippen molar-refractivity contribution in [1.82, 2.24) is 9.88 Å². The highest BCUT2D eigenvalue weighted by Crippen LogP contribution is 2.40. The largest absolute Gasteiger partial charge is 0.507 e. The number of hydrogen-bond donors (Lipinski definition) is 1. The molecule has 1 aromatic carbocycles. The summed E-state index contributed by atoms with van der Waals surface area (Å²) in [6.07, 6.45) is 4.84. The molecule has 7 heteroatoms. The molecule has 2 saturated heterocycles. The van der Waals surface area contributed by atoms with E-state index in [1.807, 2.05) is 0 Å². The summed E-state index contributed by atoms with van der Waals surface area (Å²) in [5.74, 6) is -1.59. The van der Waals surface area contributed by atoms with E-state index in [1.54, 1.807) is 48.8 Å². The molecule has 0 saturated carbocycles. The minimum atomic E-state index is -0.711. The molecule has 1 amide bonds. The fourth-order valence-electron chi connectivity index (χ4n) is 3.76. The zero-order chi connectivity index (χ0) is 19.7. The molecule has 1 N–H and O–H groups in total. The van der Waals surface area contributed by atoms with Gasteiger partial charge in [-0.05, 0) is 42.7 Å². The van der Waals surface area contributed by atoms with Crippen LogP contribution in [0.25, 0.3) is 5.76 Å². The van der Waals surface area contributed by atoms with E-state index in [-0.39, 0.29) is 17.4 Å². The molecule has 144 valence electrons. The fourth-order valence-corrected chi connectivity index (χ4v) is 3.95. The van der Waals surface area contributed by atoms with Crippen LogP contribution in [0.15, 0.2) is 54.4 Å². The van der Waals surface area contributed by atoms with Crippen LogP contribution in [-0.4, -0.2) is 45.9 Å². The maximum atomic E-state index is 12.9. The molecule has 2 atom stereocenters. The third-order valence-electron chi connectivity index (χ3n) is 5.08. The van der Waals surface area contributed by atoms with Crippen LogP contribution in [0.1, 0.15) is 30.0 Å². The first-order chi connectivity index (χ1) is 13.6. The van der Waals surface area contributed by atoms with E-state index in [2.05, 4.69) is 4.98 Å². The van der Waals surface area contributed by atoms with Gasteiger partial charge < -0.3 is 14.7 Å². The molecular formula is C21H19ClN2O4. The van der Waals surface area contributed by atoms with Gasteiger partial charge in [0.25, 0.3) is 11.7 Å². The van der Waals surface area contributed by atoms with Gasteiger partial charge in [-0.3, -0.25) is 14.6 Å². The molecule has 2 fully saturated rings. The lowest BCUT2D eigenvalue weighted by Gasteiger charge is -2.27. The first-order valence-electron chi connectivity index (χ1n) is 9.12. The van der Waals surface area contributed by atoms with E-state index in [0.717, 1.165) is 12.8 Å². The van der Waals surface area contributed by atoms with E-state index in [0.29, 0.717) is 29.3 Å². The lowest BCUT2D eigenvalue weighted by Crippen LogP contribution is -2.36. The molecular weight excluding hydrogens is 380 g/mol. The molecule has 2 aliphatic rings. The summed E-state index contributed by atoms with van der Waals surface area (Å²) in [5, 5.41) is 11.3. The van der Waals surface area contributed by atoms with Gasteiger partial charge in [0.05, 0.1) is 17.7 Å². The second-order valence-electron chi connectivity index (χ2n) is 6.88. The molecule has 6 nitrogen and oxygen atoms in total. The first kappa shape index (κ1) is 18.7. The number of aromatic nitrogens is 1. The second kappa shape index (κ2) is 7.73. The molecule has 1 aromatic heterocycles. The zero-order valence-corrected chi connectivity index (χ0v) is 15.8. The normalized spacial score (nSPS) is 24.1. The Balaban J connectivity index is 1.82. The van der Waals surface area contributed by atoms with E-state index in [4.69, 9.17) is 16.3 Å². The van der Waals surface area contributed by atoms with Gasteiger partial charge in [-0.25, -0.2) is 0 Å². The Bertz CT molecular complexity index is 938. The number of amides is 1. The second-order valence-corrected chi connectivity index (χ2v) is 7.31. The minimum absolute atomic E-state index is 0.0523. The average molecular weight is 399 g/mol. The van der Waals surface area contributed by atoms with Crippen LogP contribution in [0, 0.1) is 0 Å². The summed E-state index contributed by atoms with van der Waals surface area (Å²) in [7, 11) is 0. The van der Waals surface area contributed by atoms with Crippen molar-refractivity contribution in [2.45, 2.75) is 25.0 Å². The summed E-state index contributed by atoms with van der Waals surface area (Å²) in [5.41, 5.74) is 1.15. The van der Waals surface area contributed by atoms with Crippen molar-refractivity contribution in [1.29, 1.82) is 0 Å². The Morgan fingerprint density at radius 1 is 1.25 bits per heavy atom. The maximum Gasteiger partial charge on any atom is 0.295 e. The minimum Gasteiger partial charge on any atom is -0.507 e. The molecule has 2 unspecified atom stereocenters. The summed E-state index contributed by atoms with van der Waals surface area (Å²) in [6, 6.07) is 9.35. The Kier molecular flexibility index (Phi) is 5.15. The van der Waals surface area contributed by atoms with Crippen LogP contribution >= 0.6 is 11.6 Å². The van der Waals surface area contributed by atoms with Crippen molar-refractivity contribution in [3.63, 3.8) is 0 Å². The molecule has 0 radical (unpaired) electrons. The monoisotopic (exact) mass is 398 g/mol. The highest BCUT2D eigenvalue weighted by atomic mass is 35.5. The molecule has 2 aliphatic heterocycles. The van der Waals surface area contributed by atoms with Crippen LogP contribution < -0.4 is 0 Å². The van der Waals surface area contributed by atoms with E-state index in [1.165, 1.54) is 4.90 Å². The van der Waals surface area contributed by atoms with Crippen molar-refractivity contribution < 1.29 is 19.4 Å². The number of aliphatic hydroxyl groups excluding tert-OH is 1. The van der Waals surface area contributed by atoms with Crippen LogP contribution in [-0.2, 0) is 14.3 Å². The van der Waals surface area contributed by atoms with Crippen molar-refractivity contribution in [2.24, 2.45) is 0 Å². The number of aliphatic hydroxyl groups is 1. The lowest BCUT2D eigenvalue weighted by molar-refractivity contribution is -0.140. The number of Topliss-reactive ketones (excluding diaryl/α,β-unsaturated/α-hetero) is 1.